The maximum atomic E-state index is 11.3. The summed E-state index contributed by atoms with van der Waals surface area (Å²) in [6.45, 7) is 2.24. The molecule has 84 valence electrons. The van der Waals surface area contributed by atoms with Crippen molar-refractivity contribution in [2.24, 2.45) is 0 Å². The van der Waals surface area contributed by atoms with Crippen LogP contribution >= 0.6 is 11.9 Å². The van der Waals surface area contributed by atoms with Gasteiger partial charge in [-0.25, -0.2) is 0 Å². The molecule has 16 heavy (non-hydrogen) atoms. The van der Waals surface area contributed by atoms with Crippen molar-refractivity contribution in [3.05, 3.63) is 35.5 Å². The van der Waals surface area contributed by atoms with E-state index >= 15 is 0 Å². The fourth-order valence-electron chi connectivity index (χ4n) is 1.49. The summed E-state index contributed by atoms with van der Waals surface area (Å²) in [5.41, 5.74) is 2.03. The highest BCUT2D eigenvalue weighted by Gasteiger charge is 2.13. The minimum Gasteiger partial charge on any atom is -0.466 e. The predicted octanol–water partition coefficient (Wildman–Crippen LogP) is 2.59. The molecule has 2 rings (SSSR count). The van der Waals surface area contributed by atoms with Crippen LogP contribution in [0.1, 0.15) is 18.9 Å². The van der Waals surface area contributed by atoms with Gasteiger partial charge in [-0.1, -0.05) is 18.2 Å². The molecule has 0 atom stereocenters. The van der Waals surface area contributed by atoms with Crippen LogP contribution in [0.25, 0.3) is 6.08 Å². The van der Waals surface area contributed by atoms with Gasteiger partial charge in [0.1, 0.15) is 0 Å². The number of rotatable bonds is 3. The van der Waals surface area contributed by atoms with Gasteiger partial charge in [-0.15, -0.1) is 0 Å². The first-order valence-corrected chi connectivity index (χ1v) is 5.99. The number of carbonyl (C=O) groups excluding carboxylic acids is 1. The van der Waals surface area contributed by atoms with E-state index in [0.29, 0.717) is 13.0 Å². The zero-order chi connectivity index (χ0) is 11.4. The van der Waals surface area contributed by atoms with Gasteiger partial charge in [-0.05, 0) is 36.6 Å². The van der Waals surface area contributed by atoms with Crippen molar-refractivity contribution in [1.82, 2.24) is 4.72 Å². The largest absolute Gasteiger partial charge is 0.466 e. The van der Waals surface area contributed by atoms with Crippen molar-refractivity contribution in [3.8, 4) is 0 Å². The summed E-state index contributed by atoms with van der Waals surface area (Å²) in [4.78, 5) is 12.5. The highest BCUT2D eigenvalue weighted by atomic mass is 32.2. The van der Waals surface area contributed by atoms with Gasteiger partial charge in [0.15, 0.2) is 0 Å². The molecule has 0 radical (unpaired) electrons. The van der Waals surface area contributed by atoms with Crippen LogP contribution in [0.4, 0.5) is 0 Å². The van der Waals surface area contributed by atoms with Crippen LogP contribution in [0.5, 0.6) is 0 Å². The van der Waals surface area contributed by atoms with Gasteiger partial charge < -0.3 is 9.46 Å². The first-order chi connectivity index (χ1) is 7.79. The number of ether oxygens (including phenoxy) is 1. The molecule has 0 amide bonds. The minimum atomic E-state index is -0.193. The first-order valence-electron chi connectivity index (χ1n) is 5.17. The molecule has 0 aliphatic carbocycles. The van der Waals surface area contributed by atoms with Crippen LogP contribution < -0.4 is 4.72 Å². The lowest BCUT2D eigenvalue weighted by molar-refractivity contribution is -0.142. The quantitative estimate of drug-likeness (QED) is 0.645. The lowest BCUT2D eigenvalue weighted by Gasteiger charge is -2.16. The Hall–Kier alpha value is -1.42. The number of hydrogen-bond acceptors (Lipinski definition) is 4. The lowest BCUT2D eigenvalue weighted by atomic mass is 10.1. The highest BCUT2D eigenvalue weighted by molar-refractivity contribution is 7.97. The zero-order valence-electron chi connectivity index (χ0n) is 9.03. The van der Waals surface area contributed by atoms with Crippen LogP contribution in [0.15, 0.2) is 34.9 Å². The fraction of sp³-hybridized carbons (Fsp3) is 0.250. The number of hydrogen-bond donors (Lipinski definition) is 1. The Kier molecular flexibility index (Phi) is 3.51. The Morgan fingerprint density at radius 1 is 1.44 bits per heavy atom. The molecule has 1 aromatic carbocycles. The van der Waals surface area contributed by atoms with Gasteiger partial charge in [-0.2, -0.15) is 0 Å². The summed E-state index contributed by atoms with van der Waals surface area (Å²) in [5, 5.41) is 0. The fourth-order valence-corrected chi connectivity index (χ4v) is 2.25. The van der Waals surface area contributed by atoms with Gasteiger partial charge in [-0.3, -0.25) is 4.79 Å². The van der Waals surface area contributed by atoms with Crippen LogP contribution in [-0.4, -0.2) is 12.6 Å². The molecule has 1 aliphatic heterocycles. The molecule has 0 saturated carbocycles. The van der Waals surface area contributed by atoms with E-state index in [2.05, 4.69) is 4.72 Å². The van der Waals surface area contributed by atoms with Gasteiger partial charge in [0.25, 0.3) is 0 Å². The van der Waals surface area contributed by atoms with Gasteiger partial charge in [0, 0.05) is 10.6 Å². The second-order valence-electron chi connectivity index (χ2n) is 3.39. The SMILES string of the molecule is CCOC(=O)CC1=Cc2ccccc2SN1. The van der Waals surface area contributed by atoms with Crippen molar-refractivity contribution in [2.45, 2.75) is 18.2 Å². The molecule has 1 aliphatic rings. The molecule has 0 bridgehead atoms. The van der Waals surface area contributed by atoms with Gasteiger partial charge >= 0.3 is 5.97 Å². The monoisotopic (exact) mass is 235 g/mol. The molecule has 4 heteroatoms. The summed E-state index contributed by atoms with van der Waals surface area (Å²) in [6, 6.07) is 8.07. The maximum absolute atomic E-state index is 11.3. The van der Waals surface area contributed by atoms with E-state index in [1.165, 1.54) is 16.8 Å². The van der Waals surface area contributed by atoms with Gasteiger partial charge in [0.2, 0.25) is 0 Å². The Bertz CT molecular complexity index is 429. The van der Waals surface area contributed by atoms with E-state index in [0.717, 1.165) is 11.3 Å². The Balaban J connectivity index is 2.09. The molecule has 1 heterocycles. The summed E-state index contributed by atoms with van der Waals surface area (Å²) in [6.07, 6.45) is 2.29. The van der Waals surface area contributed by atoms with E-state index in [1.807, 2.05) is 37.3 Å². The molecule has 0 saturated heterocycles. The second kappa shape index (κ2) is 5.07. The number of benzene rings is 1. The summed E-state index contributed by atoms with van der Waals surface area (Å²) >= 11 is 1.53. The van der Waals surface area contributed by atoms with E-state index < -0.39 is 0 Å². The Morgan fingerprint density at radius 3 is 3.06 bits per heavy atom. The van der Waals surface area contributed by atoms with E-state index in [1.54, 1.807) is 0 Å². The molecular formula is C12H13NO2S. The molecule has 0 unspecified atom stereocenters. The number of carbonyl (C=O) groups is 1. The molecule has 3 nitrogen and oxygen atoms in total. The summed E-state index contributed by atoms with van der Waals surface area (Å²) in [5.74, 6) is -0.193. The van der Waals surface area contributed by atoms with Crippen molar-refractivity contribution < 1.29 is 9.53 Å². The molecule has 0 fully saturated rings. The molecular weight excluding hydrogens is 222 g/mol. The third-order valence-electron chi connectivity index (χ3n) is 2.18. The second-order valence-corrected chi connectivity index (χ2v) is 4.24. The smallest absolute Gasteiger partial charge is 0.311 e. The lowest BCUT2D eigenvalue weighted by Crippen LogP contribution is -2.14. The van der Waals surface area contributed by atoms with Crippen LogP contribution in [0.3, 0.4) is 0 Å². The third-order valence-corrected chi connectivity index (χ3v) is 3.14. The predicted molar refractivity (Wildman–Crippen MR) is 64.7 cm³/mol. The zero-order valence-corrected chi connectivity index (χ0v) is 9.84. The van der Waals surface area contributed by atoms with Crippen molar-refractivity contribution in [1.29, 1.82) is 0 Å². The standard InChI is InChI=1S/C12H13NO2S/c1-2-15-12(14)8-10-7-9-5-3-4-6-11(9)16-13-10/h3-7,13H,2,8H2,1H3. The minimum absolute atomic E-state index is 0.193. The van der Waals surface area contributed by atoms with Crippen molar-refractivity contribution in [2.75, 3.05) is 6.61 Å². The van der Waals surface area contributed by atoms with E-state index in [4.69, 9.17) is 4.74 Å². The first kappa shape index (κ1) is 11.1. The van der Waals surface area contributed by atoms with E-state index in [9.17, 15) is 4.79 Å². The normalized spacial score (nSPS) is 13.4. The Labute approximate surface area is 99.0 Å². The highest BCUT2D eigenvalue weighted by Crippen LogP contribution is 2.28. The summed E-state index contributed by atoms with van der Waals surface area (Å²) in [7, 11) is 0. The topological polar surface area (TPSA) is 38.3 Å². The van der Waals surface area contributed by atoms with Crippen molar-refractivity contribution >= 4 is 24.0 Å². The van der Waals surface area contributed by atoms with Gasteiger partial charge in [0.05, 0.1) is 13.0 Å². The molecule has 0 spiro atoms. The number of esters is 1. The summed E-state index contributed by atoms with van der Waals surface area (Å²) < 4.78 is 8.05. The maximum Gasteiger partial charge on any atom is 0.311 e. The van der Waals surface area contributed by atoms with Crippen LogP contribution in [-0.2, 0) is 9.53 Å². The molecule has 0 aromatic heterocycles. The number of fused-ring (bicyclic) bond motifs is 1. The number of nitrogens with one attached hydrogen (secondary N) is 1. The average molecular weight is 235 g/mol. The van der Waals surface area contributed by atoms with Crippen molar-refractivity contribution in [3.63, 3.8) is 0 Å². The van der Waals surface area contributed by atoms with Crippen LogP contribution in [0.2, 0.25) is 0 Å². The molecule has 1 aromatic rings. The average Bonchev–Trinajstić information content (AvgIpc) is 2.29. The molecule has 1 N–H and O–H groups in total. The van der Waals surface area contributed by atoms with Crippen LogP contribution in [0, 0.1) is 0 Å². The third kappa shape index (κ3) is 2.58. The van der Waals surface area contributed by atoms with E-state index in [-0.39, 0.29) is 5.97 Å². The Morgan fingerprint density at radius 2 is 2.25 bits per heavy atom.